The number of carbonyl (C=O) groups is 2. The van der Waals surface area contributed by atoms with Crippen LogP contribution in [0.2, 0.25) is 0 Å². The van der Waals surface area contributed by atoms with Gasteiger partial charge in [0.25, 0.3) is 0 Å². The van der Waals surface area contributed by atoms with Crippen molar-refractivity contribution in [2.45, 2.75) is 89.9 Å². The second-order valence-corrected chi connectivity index (χ2v) is 6.26. The first-order chi connectivity index (χ1) is 9.68. The second-order valence-electron chi connectivity index (χ2n) is 6.26. The molecule has 0 aromatic heterocycles. The highest BCUT2D eigenvalue weighted by Gasteiger charge is 2.20. The van der Waals surface area contributed by atoms with Crippen molar-refractivity contribution in [1.29, 1.82) is 0 Å². The van der Waals surface area contributed by atoms with Gasteiger partial charge in [-0.3, -0.25) is 9.59 Å². The number of hydrogen-bond donors (Lipinski definition) is 1. The lowest BCUT2D eigenvalue weighted by atomic mass is 9.99. The molecule has 1 rings (SSSR count). The number of hydrogen-bond acceptors (Lipinski definition) is 2. The summed E-state index contributed by atoms with van der Waals surface area (Å²) in [6, 6.07) is 0. The number of rotatable bonds is 12. The van der Waals surface area contributed by atoms with Crippen LogP contribution < -0.4 is 0 Å². The van der Waals surface area contributed by atoms with Gasteiger partial charge >= 0.3 is 5.97 Å². The summed E-state index contributed by atoms with van der Waals surface area (Å²) in [7, 11) is 0. The van der Waals surface area contributed by atoms with Gasteiger partial charge in [-0.15, -0.1) is 0 Å². The van der Waals surface area contributed by atoms with Crippen LogP contribution in [-0.4, -0.2) is 16.9 Å². The first-order valence-corrected chi connectivity index (χ1v) is 8.42. The Bertz CT molecular complexity index is 286. The normalized spacial score (nSPS) is 18.6. The number of carboxylic acid groups (broad SMARTS) is 1. The van der Waals surface area contributed by atoms with Gasteiger partial charge in [0, 0.05) is 19.3 Å². The second kappa shape index (κ2) is 10.9. The SMILES string of the molecule is O=C(O)CCCCCCCCCCCC1CCC(=O)C1. The molecule has 0 radical (unpaired) electrons. The number of carbonyl (C=O) groups excluding carboxylic acids is 1. The molecule has 1 atom stereocenters. The molecular weight excluding hydrogens is 252 g/mol. The van der Waals surface area contributed by atoms with E-state index in [0.717, 1.165) is 32.1 Å². The fourth-order valence-electron chi connectivity index (χ4n) is 3.08. The predicted octanol–water partition coefficient (Wildman–Crippen LogP) is 4.73. The Morgan fingerprint density at radius 3 is 2.00 bits per heavy atom. The van der Waals surface area contributed by atoms with Crippen molar-refractivity contribution in [3.05, 3.63) is 0 Å². The van der Waals surface area contributed by atoms with Gasteiger partial charge in [0.05, 0.1) is 0 Å². The maximum atomic E-state index is 11.1. The molecule has 1 N–H and O–H groups in total. The summed E-state index contributed by atoms with van der Waals surface area (Å²) in [5.74, 6) is 0.489. The van der Waals surface area contributed by atoms with Crippen molar-refractivity contribution < 1.29 is 14.7 Å². The van der Waals surface area contributed by atoms with Crippen LogP contribution in [0.5, 0.6) is 0 Å². The van der Waals surface area contributed by atoms with Crippen LogP contribution in [0.4, 0.5) is 0 Å². The Morgan fingerprint density at radius 1 is 0.950 bits per heavy atom. The smallest absolute Gasteiger partial charge is 0.303 e. The highest BCUT2D eigenvalue weighted by molar-refractivity contribution is 5.80. The zero-order chi connectivity index (χ0) is 14.6. The summed E-state index contributed by atoms with van der Waals surface area (Å²) in [5.41, 5.74) is 0. The fourth-order valence-corrected chi connectivity index (χ4v) is 3.08. The molecule has 1 fully saturated rings. The molecule has 0 bridgehead atoms. The summed E-state index contributed by atoms with van der Waals surface area (Å²) in [5, 5.41) is 8.51. The molecule has 0 aliphatic heterocycles. The zero-order valence-corrected chi connectivity index (χ0v) is 12.7. The van der Waals surface area contributed by atoms with Crippen molar-refractivity contribution in [2.75, 3.05) is 0 Å². The molecule has 3 heteroatoms. The first kappa shape index (κ1) is 17.2. The number of carboxylic acids is 1. The van der Waals surface area contributed by atoms with Crippen LogP contribution in [0.15, 0.2) is 0 Å². The van der Waals surface area contributed by atoms with E-state index in [1.54, 1.807) is 0 Å². The molecule has 20 heavy (non-hydrogen) atoms. The van der Waals surface area contributed by atoms with Gasteiger partial charge < -0.3 is 5.11 Å². The lowest BCUT2D eigenvalue weighted by Gasteiger charge is -2.07. The standard InChI is InChI=1S/C17H30O3/c18-16-13-12-15(14-16)10-8-6-4-2-1-3-5-7-9-11-17(19)20/h15H,1-14H2,(H,19,20). The fraction of sp³-hybridized carbons (Fsp3) is 0.882. The van der Waals surface area contributed by atoms with Crippen molar-refractivity contribution in [3.63, 3.8) is 0 Å². The van der Waals surface area contributed by atoms with Gasteiger partial charge in [-0.1, -0.05) is 57.8 Å². The summed E-state index contributed by atoms with van der Waals surface area (Å²) < 4.78 is 0. The number of Topliss-reactive ketones (excluding diaryl/α,β-unsaturated/α-hetero) is 1. The average molecular weight is 282 g/mol. The van der Waals surface area contributed by atoms with Crippen LogP contribution in [-0.2, 0) is 9.59 Å². The summed E-state index contributed by atoms with van der Waals surface area (Å²) >= 11 is 0. The molecular formula is C17H30O3. The summed E-state index contributed by atoms with van der Waals surface area (Å²) in [6.45, 7) is 0. The maximum absolute atomic E-state index is 11.1. The predicted molar refractivity (Wildman–Crippen MR) is 80.8 cm³/mol. The highest BCUT2D eigenvalue weighted by Crippen LogP contribution is 2.27. The van der Waals surface area contributed by atoms with Gasteiger partial charge in [-0.05, 0) is 18.8 Å². The van der Waals surface area contributed by atoms with E-state index >= 15 is 0 Å². The van der Waals surface area contributed by atoms with Crippen molar-refractivity contribution >= 4 is 11.8 Å². The van der Waals surface area contributed by atoms with Crippen molar-refractivity contribution in [1.82, 2.24) is 0 Å². The van der Waals surface area contributed by atoms with Gasteiger partial charge in [0.2, 0.25) is 0 Å². The Balaban J connectivity index is 1.74. The topological polar surface area (TPSA) is 54.4 Å². The molecule has 0 aromatic rings. The third-order valence-electron chi connectivity index (χ3n) is 4.35. The minimum absolute atomic E-state index is 0.323. The summed E-state index contributed by atoms with van der Waals surface area (Å²) in [6.07, 6.45) is 15.2. The van der Waals surface area contributed by atoms with E-state index < -0.39 is 5.97 Å². The Hall–Kier alpha value is -0.860. The van der Waals surface area contributed by atoms with E-state index in [1.165, 1.54) is 51.4 Å². The molecule has 3 nitrogen and oxygen atoms in total. The van der Waals surface area contributed by atoms with E-state index in [-0.39, 0.29) is 0 Å². The van der Waals surface area contributed by atoms with Gasteiger partial charge in [-0.2, -0.15) is 0 Å². The maximum Gasteiger partial charge on any atom is 0.303 e. The summed E-state index contributed by atoms with van der Waals surface area (Å²) in [4.78, 5) is 21.5. The van der Waals surface area contributed by atoms with Gasteiger partial charge in [-0.25, -0.2) is 0 Å². The number of unbranched alkanes of at least 4 members (excludes halogenated alkanes) is 8. The molecule has 1 saturated carbocycles. The quantitative estimate of drug-likeness (QED) is 0.526. The first-order valence-electron chi connectivity index (χ1n) is 8.42. The number of ketones is 1. The molecule has 1 aliphatic rings. The molecule has 0 amide bonds. The number of aliphatic carboxylic acids is 1. The highest BCUT2D eigenvalue weighted by atomic mass is 16.4. The van der Waals surface area contributed by atoms with Gasteiger partial charge in [0.1, 0.15) is 5.78 Å². The lowest BCUT2D eigenvalue weighted by Crippen LogP contribution is -1.95. The molecule has 1 unspecified atom stereocenters. The van der Waals surface area contributed by atoms with E-state index in [1.807, 2.05) is 0 Å². The molecule has 0 aromatic carbocycles. The van der Waals surface area contributed by atoms with Crippen LogP contribution in [0.1, 0.15) is 89.9 Å². The van der Waals surface area contributed by atoms with Gasteiger partial charge in [0.15, 0.2) is 0 Å². The zero-order valence-electron chi connectivity index (χ0n) is 12.7. The third kappa shape index (κ3) is 9.11. The monoisotopic (exact) mass is 282 g/mol. The minimum Gasteiger partial charge on any atom is -0.481 e. The van der Waals surface area contributed by atoms with E-state index in [9.17, 15) is 9.59 Å². The Labute approximate surface area is 123 Å². The van der Waals surface area contributed by atoms with Crippen LogP contribution in [0, 0.1) is 5.92 Å². The molecule has 1 aliphatic carbocycles. The Morgan fingerprint density at radius 2 is 1.50 bits per heavy atom. The largest absolute Gasteiger partial charge is 0.481 e. The van der Waals surface area contributed by atoms with Crippen LogP contribution in [0.25, 0.3) is 0 Å². The van der Waals surface area contributed by atoms with E-state index in [4.69, 9.17) is 5.11 Å². The molecule has 0 spiro atoms. The van der Waals surface area contributed by atoms with E-state index in [0.29, 0.717) is 18.1 Å². The average Bonchev–Trinajstić information content (AvgIpc) is 2.81. The molecule has 0 heterocycles. The van der Waals surface area contributed by atoms with Crippen molar-refractivity contribution in [3.8, 4) is 0 Å². The van der Waals surface area contributed by atoms with E-state index in [2.05, 4.69) is 0 Å². The third-order valence-corrected chi connectivity index (χ3v) is 4.35. The van der Waals surface area contributed by atoms with Crippen LogP contribution in [0.3, 0.4) is 0 Å². The minimum atomic E-state index is -0.672. The van der Waals surface area contributed by atoms with Crippen molar-refractivity contribution in [2.24, 2.45) is 5.92 Å². The lowest BCUT2D eigenvalue weighted by molar-refractivity contribution is -0.137. The molecule has 0 saturated heterocycles. The molecule has 116 valence electrons. The Kier molecular flexibility index (Phi) is 9.35. The van der Waals surface area contributed by atoms with Crippen LogP contribution >= 0.6 is 0 Å².